The predicted octanol–water partition coefficient (Wildman–Crippen LogP) is 4.13. The van der Waals surface area contributed by atoms with Crippen LogP contribution in [0.3, 0.4) is 0 Å². The minimum atomic E-state index is 0.540. The van der Waals surface area contributed by atoms with Crippen LogP contribution in [0.5, 0.6) is 0 Å². The van der Waals surface area contributed by atoms with Crippen molar-refractivity contribution in [1.29, 1.82) is 0 Å². The highest BCUT2D eigenvalue weighted by Gasteiger charge is 2.59. The van der Waals surface area contributed by atoms with Crippen molar-refractivity contribution in [2.24, 2.45) is 22.7 Å². The molecule has 1 N–H and O–H groups in total. The maximum absolute atomic E-state index is 4.08. The monoisotopic (exact) mass is 247 g/mol. The van der Waals surface area contributed by atoms with E-state index in [0.717, 1.165) is 11.8 Å². The van der Waals surface area contributed by atoms with Gasteiger partial charge in [0.05, 0.1) is 0 Å². The van der Waals surface area contributed by atoms with E-state index in [0.29, 0.717) is 16.4 Å². The number of hydrogen-bond acceptors (Lipinski definition) is 1. The topological polar surface area (TPSA) is 12.0 Å². The van der Waals surface area contributed by atoms with Crippen molar-refractivity contribution in [2.75, 3.05) is 6.54 Å². The van der Waals surface area contributed by atoms with E-state index in [1.807, 2.05) is 0 Å². The molecule has 5 aliphatic rings. The third kappa shape index (κ3) is 1.77. The van der Waals surface area contributed by atoms with Gasteiger partial charge in [0, 0.05) is 5.54 Å². The molecule has 1 nitrogen and oxygen atoms in total. The second-order valence-electron chi connectivity index (χ2n) is 9.09. The van der Waals surface area contributed by atoms with Crippen LogP contribution in [-0.4, -0.2) is 12.1 Å². The van der Waals surface area contributed by atoms with Gasteiger partial charge in [-0.1, -0.05) is 20.3 Å². The summed E-state index contributed by atoms with van der Waals surface area (Å²) in [4.78, 5) is 0. The molecule has 0 aromatic heterocycles. The van der Waals surface area contributed by atoms with E-state index in [9.17, 15) is 0 Å². The third-order valence-electron chi connectivity index (χ3n) is 6.62. The van der Waals surface area contributed by atoms with E-state index in [1.54, 1.807) is 0 Å². The zero-order chi connectivity index (χ0) is 12.4. The molecule has 5 saturated carbocycles. The summed E-state index contributed by atoms with van der Waals surface area (Å²) >= 11 is 0. The molecule has 0 amide bonds. The zero-order valence-corrected chi connectivity index (χ0v) is 12.2. The van der Waals surface area contributed by atoms with Gasteiger partial charge in [-0.15, -0.1) is 0 Å². The van der Waals surface area contributed by atoms with Crippen molar-refractivity contribution in [3.05, 3.63) is 0 Å². The minimum absolute atomic E-state index is 0.540. The molecular weight excluding hydrogens is 218 g/mol. The first-order valence-corrected chi connectivity index (χ1v) is 8.24. The summed E-state index contributed by atoms with van der Waals surface area (Å²) in [6.45, 7) is 6.48. The minimum Gasteiger partial charge on any atom is -0.311 e. The summed E-state index contributed by atoms with van der Waals surface area (Å²) in [7, 11) is 0. The molecule has 1 heteroatoms. The Bertz CT molecular complexity index is 339. The summed E-state index contributed by atoms with van der Waals surface area (Å²) in [6.07, 6.45) is 13.4. The first kappa shape index (κ1) is 11.8. The maximum Gasteiger partial charge on any atom is 0.0194 e. The fourth-order valence-corrected chi connectivity index (χ4v) is 6.70. The van der Waals surface area contributed by atoms with Crippen molar-refractivity contribution in [3.63, 3.8) is 0 Å². The van der Waals surface area contributed by atoms with Crippen LogP contribution in [0.4, 0.5) is 0 Å². The molecule has 5 fully saturated rings. The van der Waals surface area contributed by atoms with Gasteiger partial charge in [-0.2, -0.15) is 0 Å². The van der Waals surface area contributed by atoms with E-state index in [2.05, 4.69) is 19.2 Å². The normalized spacial score (nSPS) is 54.7. The highest BCUT2D eigenvalue weighted by molar-refractivity contribution is 5.14. The van der Waals surface area contributed by atoms with Gasteiger partial charge in [0.25, 0.3) is 0 Å². The van der Waals surface area contributed by atoms with Gasteiger partial charge in [0.15, 0.2) is 0 Å². The Morgan fingerprint density at radius 3 is 2.11 bits per heavy atom. The maximum atomic E-state index is 4.08. The van der Waals surface area contributed by atoms with E-state index >= 15 is 0 Å². The lowest BCUT2D eigenvalue weighted by Crippen LogP contribution is -2.64. The van der Waals surface area contributed by atoms with Gasteiger partial charge in [-0.05, 0) is 80.6 Å². The van der Waals surface area contributed by atoms with Crippen LogP contribution in [-0.2, 0) is 0 Å². The Morgan fingerprint density at radius 2 is 1.61 bits per heavy atom. The van der Waals surface area contributed by atoms with Crippen molar-refractivity contribution < 1.29 is 0 Å². The van der Waals surface area contributed by atoms with Gasteiger partial charge in [-0.3, -0.25) is 0 Å². The number of rotatable bonds is 3. The molecule has 18 heavy (non-hydrogen) atoms. The summed E-state index contributed by atoms with van der Waals surface area (Å²) in [5.41, 5.74) is 1.88. The molecule has 0 heterocycles. The summed E-state index contributed by atoms with van der Waals surface area (Å²) in [6, 6.07) is 0. The van der Waals surface area contributed by atoms with Crippen molar-refractivity contribution in [3.8, 4) is 0 Å². The quantitative estimate of drug-likeness (QED) is 0.791. The Labute approximate surface area is 112 Å². The van der Waals surface area contributed by atoms with E-state index in [1.165, 1.54) is 64.3 Å². The fraction of sp³-hybridized carbons (Fsp3) is 1.00. The molecule has 0 radical (unpaired) electrons. The number of nitrogens with one attached hydrogen (secondary N) is 1. The highest BCUT2D eigenvalue weighted by atomic mass is 15.0. The molecule has 102 valence electrons. The fourth-order valence-electron chi connectivity index (χ4n) is 6.70. The lowest BCUT2D eigenvalue weighted by atomic mass is 9.42. The van der Waals surface area contributed by atoms with E-state index in [4.69, 9.17) is 0 Å². The molecule has 4 bridgehead atoms. The highest BCUT2D eigenvalue weighted by Crippen LogP contribution is 2.66. The van der Waals surface area contributed by atoms with Gasteiger partial charge >= 0.3 is 0 Å². The molecule has 2 atom stereocenters. The van der Waals surface area contributed by atoms with Crippen LogP contribution in [0.25, 0.3) is 0 Å². The van der Waals surface area contributed by atoms with Crippen LogP contribution >= 0.6 is 0 Å². The molecule has 0 saturated heterocycles. The van der Waals surface area contributed by atoms with Gasteiger partial charge in [-0.25, -0.2) is 0 Å². The Balaban J connectivity index is 1.53. The molecule has 5 rings (SSSR count). The van der Waals surface area contributed by atoms with Crippen LogP contribution < -0.4 is 5.32 Å². The Hall–Kier alpha value is -0.0400. The average molecular weight is 247 g/mol. The van der Waals surface area contributed by atoms with E-state index in [-0.39, 0.29) is 0 Å². The lowest BCUT2D eigenvalue weighted by molar-refractivity contribution is -0.119. The Morgan fingerprint density at radius 1 is 0.944 bits per heavy atom. The van der Waals surface area contributed by atoms with Crippen LogP contribution in [0.1, 0.15) is 71.6 Å². The second-order valence-corrected chi connectivity index (χ2v) is 9.09. The summed E-state index contributed by atoms with van der Waals surface area (Å²) < 4.78 is 0. The molecular formula is C17H29N. The zero-order valence-electron chi connectivity index (χ0n) is 12.2. The molecule has 0 aliphatic heterocycles. The van der Waals surface area contributed by atoms with Crippen molar-refractivity contribution >= 4 is 0 Å². The third-order valence-corrected chi connectivity index (χ3v) is 6.62. The summed E-state index contributed by atoms with van der Waals surface area (Å²) in [5.74, 6) is 2.05. The molecule has 0 spiro atoms. The van der Waals surface area contributed by atoms with Crippen LogP contribution in [0, 0.1) is 22.7 Å². The summed E-state index contributed by atoms with van der Waals surface area (Å²) in [5, 5.41) is 4.08. The molecule has 0 aromatic rings. The lowest BCUT2D eigenvalue weighted by Gasteiger charge is -2.65. The van der Waals surface area contributed by atoms with Crippen LogP contribution in [0.2, 0.25) is 0 Å². The first-order valence-electron chi connectivity index (χ1n) is 8.24. The van der Waals surface area contributed by atoms with Gasteiger partial charge in [0.1, 0.15) is 0 Å². The largest absolute Gasteiger partial charge is 0.311 e. The Kier molecular flexibility index (Phi) is 2.31. The molecule has 2 unspecified atom stereocenters. The smallest absolute Gasteiger partial charge is 0.0194 e. The van der Waals surface area contributed by atoms with Gasteiger partial charge in [0.2, 0.25) is 0 Å². The van der Waals surface area contributed by atoms with E-state index < -0.39 is 0 Å². The molecule has 0 aromatic carbocycles. The average Bonchev–Trinajstić information content (AvgIpc) is 2.07. The van der Waals surface area contributed by atoms with Crippen molar-refractivity contribution in [1.82, 2.24) is 5.32 Å². The second kappa shape index (κ2) is 3.53. The van der Waals surface area contributed by atoms with Crippen molar-refractivity contribution in [2.45, 2.75) is 77.2 Å². The predicted molar refractivity (Wildman–Crippen MR) is 75.5 cm³/mol. The molecule has 5 aliphatic carbocycles. The SMILES string of the molecule is CC12CC3CC(C)(C1)CC(NCC1CCC1)(C3)C2. The standard InChI is InChI=1S/C17H29N/c1-15-6-14-7-16(2,10-15)12-17(8-14,11-15)18-9-13-4-3-5-13/h13-14,18H,3-12H2,1-2H3. The number of hydrogen-bond donors (Lipinski definition) is 1. The van der Waals surface area contributed by atoms with Gasteiger partial charge < -0.3 is 5.32 Å². The van der Waals surface area contributed by atoms with Crippen LogP contribution in [0.15, 0.2) is 0 Å². The first-order chi connectivity index (χ1) is 8.49.